The van der Waals surface area contributed by atoms with Crippen LogP contribution in [0.3, 0.4) is 0 Å². The zero-order chi connectivity index (χ0) is 15.5. The summed E-state index contributed by atoms with van der Waals surface area (Å²) in [6.07, 6.45) is 0. The summed E-state index contributed by atoms with van der Waals surface area (Å²) in [6, 6.07) is 0. The Morgan fingerprint density at radius 2 is 0.400 bits per heavy atom. The molecule has 0 radical (unpaired) electrons. The van der Waals surface area contributed by atoms with Gasteiger partial charge >= 0.3 is 35.8 Å². The molecule has 6 N–H and O–H groups in total. The molecule has 0 fully saturated rings. The van der Waals surface area contributed by atoms with E-state index in [9.17, 15) is 0 Å². The molecule has 0 aliphatic carbocycles. The summed E-state index contributed by atoms with van der Waals surface area (Å²) in [7, 11) is 0. The van der Waals surface area contributed by atoms with Gasteiger partial charge in [0.25, 0.3) is 0 Å². The van der Waals surface area contributed by atoms with Crippen LogP contribution in [0.2, 0.25) is 0 Å². The Hall–Kier alpha value is -0.505. The van der Waals surface area contributed by atoms with Crippen LogP contribution in [0.4, 0.5) is 0 Å². The fourth-order valence-electron chi connectivity index (χ4n) is 0. The van der Waals surface area contributed by atoms with Gasteiger partial charge in [-0.15, -0.1) is 0 Å². The van der Waals surface area contributed by atoms with E-state index in [-0.39, 0.29) is 80.8 Å². The molecule has 0 saturated heterocycles. The van der Waals surface area contributed by atoms with Crippen molar-refractivity contribution in [2.45, 2.75) is 0 Å². The molecule has 0 unspecified atom stereocenters. The number of carbonyl (C=O) groups is 6. The second kappa shape index (κ2) is 18.5. The fourth-order valence-corrected chi connectivity index (χ4v) is 0. The molecule has 14 heteroatoms. The van der Waals surface area contributed by atoms with Gasteiger partial charge in [0, 0.05) is 80.8 Å². The summed E-state index contributed by atoms with van der Waals surface area (Å²) in [6.45, 7) is 0. The van der Waals surface area contributed by atoms with Crippen molar-refractivity contribution in [3.8, 4) is 0 Å². The Morgan fingerprint density at radius 1 is 0.350 bits per heavy atom. The zero-order valence-corrected chi connectivity index (χ0v) is 14.2. The van der Waals surface area contributed by atoms with Gasteiger partial charge in [0.05, 0.1) is 0 Å². The number of hydrogen-bond acceptors (Lipinski definition) is 6. The zero-order valence-electron chi connectivity index (χ0n) is 8.95. The van der Waals surface area contributed by atoms with Gasteiger partial charge in [-0.3, -0.25) is 0 Å². The largest absolute Gasteiger partial charge is 0.473 e. The predicted octanol–water partition coefficient (Wildman–Crippen LogP) is -2.53. The number of hydrogen-bond donors (Lipinski definition) is 6. The quantitative estimate of drug-likeness (QED) is 0.166. The molecule has 12 nitrogen and oxygen atoms in total. The molecule has 0 atom stereocenters. The molecule has 0 heterocycles. The molecule has 0 aromatic rings. The van der Waals surface area contributed by atoms with Crippen molar-refractivity contribution in [3.05, 3.63) is 0 Å². The third-order valence-electron chi connectivity index (χ3n) is 0.549. The van der Waals surface area contributed by atoms with Crippen LogP contribution >= 0.6 is 0 Å². The third-order valence-corrected chi connectivity index (χ3v) is 0.549. The molecule has 0 bridgehead atoms. The van der Waals surface area contributed by atoms with Crippen LogP contribution in [0.5, 0.6) is 0 Å². The first-order valence-corrected chi connectivity index (χ1v) is 3.32. The van der Waals surface area contributed by atoms with E-state index in [1.165, 1.54) is 0 Å². The van der Waals surface area contributed by atoms with Gasteiger partial charge in [0.15, 0.2) is 0 Å². The Labute approximate surface area is 174 Å². The summed E-state index contributed by atoms with van der Waals surface area (Å²) in [4.78, 5) is 54.6. The van der Waals surface area contributed by atoms with Crippen LogP contribution < -0.4 is 0 Å². The first-order chi connectivity index (χ1) is 7.93. The van der Waals surface area contributed by atoms with E-state index in [4.69, 9.17) is 59.4 Å². The Bertz CT molecular complexity index is 281. The molecule has 0 saturated carbocycles. The Morgan fingerprint density at radius 3 is 0.400 bits per heavy atom. The molecule has 114 valence electrons. The maximum absolute atomic E-state index is 9.10. The van der Waals surface area contributed by atoms with Gasteiger partial charge in [-0.25, -0.2) is 28.8 Å². The maximum atomic E-state index is 9.10. The van der Waals surface area contributed by atoms with Crippen molar-refractivity contribution in [2.24, 2.45) is 0 Å². The van der Waals surface area contributed by atoms with Gasteiger partial charge in [0.2, 0.25) is 0 Å². The summed E-state index contributed by atoms with van der Waals surface area (Å²) < 4.78 is 0. The van der Waals surface area contributed by atoms with Crippen LogP contribution in [-0.2, 0) is 28.8 Å². The first-order valence-electron chi connectivity index (χ1n) is 3.32. The SMILES string of the molecule is O=C(O)C(=O)O.O=C(O)C(=O)O.O=C(O)C(=O)O.[Sm].[Sm]. The van der Waals surface area contributed by atoms with Crippen LogP contribution in [0.1, 0.15) is 0 Å². The minimum atomic E-state index is -1.82. The number of carboxylic acid groups (broad SMARTS) is 6. The minimum Gasteiger partial charge on any atom is -0.473 e. The van der Waals surface area contributed by atoms with Gasteiger partial charge in [-0.05, 0) is 0 Å². The van der Waals surface area contributed by atoms with Crippen LogP contribution in [0.25, 0.3) is 0 Å². The second-order valence-electron chi connectivity index (χ2n) is 1.83. The van der Waals surface area contributed by atoms with Crippen molar-refractivity contribution in [1.29, 1.82) is 0 Å². The molecule has 0 aliphatic heterocycles. The fraction of sp³-hybridized carbons (Fsp3) is 0. The molecule has 20 heavy (non-hydrogen) atoms. The molecular formula is C6H6O12Sm2. The van der Waals surface area contributed by atoms with Gasteiger partial charge < -0.3 is 30.6 Å². The van der Waals surface area contributed by atoms with Crippen molar-refractivity contribution >= 4 is 35.8 Å². The number of aliphatic carboxylic acids is 6. The standard InChI is InChI=1S/3C2H2O4.2Sm/c3*3-1(4)2(5)6;;/h3*(H,3,4)(H,5,6);;. The van der Waals surface area contributed by atoms with Gasteiger partial charge in [-0.1, -0.05) is 0 Å². The molecule has 0 rings (SSSR count). The van der Waals surface area contributed by atoms with E-state index >= 15 is 0 Å². The monoisotopic (exact) mass is 574 g/mol. The normalized spacial score (nSPS) is 6.60. The molecule has 0 spiro atoms. The molecule has 0 aliphatic rings. The third kappa shape index (κ3) is 36.0. The van der Waals surface area contributed by atoms with Crippen molar-refractivity contribution in [2.75, 3.05) is 0 Å². The second-order valence-corrected chi connectivity index (χ2v) is 1.83. The van der Waals surface area contributed by atoms with Crippen molar-refractivity contribution in [3.63, 3.8) is 0 Å². The Kier molecular flexibility index (Phi) is 29.4. The molecule has 0 aromatic carbocycles. The Balaban J connectivity index is -0.0000000536. The maximum Gasteiger partial charge on any atom is 0.414 e. The van der Waals surface area contributed by atoms with E-state index in [2.05, 4.69) is 0 Å². The number of carboxylic acids is 6. The summed E-state index contributed by atoms with van der Waals surface area (Å²) in [5.74, 6) is -10.9. The van der Waals surface area contributed by atoms with Crippen LogP contribution in [-0.4, -0.2) is 66.5 Å². The smallest absolute Gasteiger partial charge is 0.414 e. The topological polar surface area (TPSA) is 224 Å². The average molecular weight is 571 g/mol. The van der Waals surface area contributed by atoms with Gasteiger partial charge in [-0.2, -0.15) is 0 Å². The van der Waals surface area contributed by atoms with Gasteiger partial charge in [0.1, 0.15) is 0 Å². The average Bonchev–Trinajstić information content (AvgIpc) is 2.18. The molecule has 0 aromatic heterocycles. The van der Waals surface area contributed by atoms with E-state index in [0.717, 1.165) is 0 Å². The first kappa shape index (κ1) is 31.7. The summed E-state index contributed by atoms with van der Waals surface area (Å²) in [5.41, 5.74) is 0. The predicted molar refractivity (Wildman–Crippen MR) is 45.8 cm³/mol. The van der Waals surface area contributed by atoms with E-state index in [1.54, 1.807) is 0 Å². The summed E-state index contributed by atoms with van der Waals surface area (Å²) >= 11 is 0. The van der Waals surface area contributed by atoms with Crippen molar-refractivity contribution < 1.29 is 140 Å². The van der Waals surface area contributed by atoms with Crippen LogP contribution in [0, 0.1) is 80.8 Å². The van der Waals surface area contributed by atoms with Crippen LogP contribution in [0.15, 0.2) is 0 Å². The minimum absolute atomic E-state index is 0. The van der Waals surface area contributed by atoms with Crippen molar-refractivity contribution in [1.82, 2.24) is 0 Å². The summed E-state index contributed by atoms with van der Waals surface area (Å²) in [5, 5.41) is 44.3. The van der Waals surface area contributed by atoms with E-state index in [1.807, 2.05) is 0 Å². The molecule has 0 amide bonds. The number of rotatable bonds is 0. The van der Waals surface area contributed by atoms with E-state index < -0.39 is 35.8 Å². The van der Waals surface area contributed by atoms with E-state index in [0.29, 0.717) is 0 Å². The molecular weight excluding hydrogens is 565 g/mol.